The summed E-state index contributed by atoms with van der Waals surface area (Å²) in [4.78, 5) is 17.0. The minimum Gasteiger partial charge on any atom is -0.367 e. The summed E-state index contributed by atoms with van der Waals surface area (Å²) in [5.41, 5.74) is 0. The molecule has 0 radical (unpaired) electrons. The Labute approximate surface area is 191 Å². The molecule has 174 valence electrons. The van der Waals surface area contributed by atoms with E-state index in [9.17, 15) is 4.79 Å². The SMILES string of the molecule is CCCCCCCCCCCCCCCC(=O)N1CCC(CCN2C=CSC2)CC1. The molecular weight excluding hydrogens is 388 g/mol. The number of rotatable bonds is 17. The zero-order chi connectivity index (χ0) is 21.3. The topological polar surface area (TPSA) is 23.6 Å². The van der Waals surface area contributed by atoms with Crippen molar-refractivity contribution in [1.29, 1.82) is 0 Å². The van der Waals surface area contributed by atoms with Crippen LogP contribution >= 0.6 is 11.8 Å². The Morgan fingerprint density at radius 1 is 0.867 bits per heavy atom. The highest BCUT2D eigenvalue weighted by molar-refractivity contribution is 8.02. The molecule has 3 nitrogen and oxygen atoms in total. The van der Waals surface area contributed by atoms with Crippen LogP contribution in [0.3, 0.4) is 0 Å². The minimum atomic E-state index is 0.412. The molecule has 0 aromatic carbocycles. The number of unbranched alkanes of at least 4 members (excludes halogenated alkanes) is 12. The van der Waals surface area contributed by atoms with Gasteiger partial charge in [-0.2, -0.15) is 0 Å². The fourth-order valence-electron chi connectivity index (χ4n) is 4.72. The molecule has 0 aromatic heterocycles. The van der Waals surface area contributed by atoms with E-state index in [1.165, 1.54) is 103 Å². The molecule has 2 aliphatic rings. The average molecular weight is 437 g/mol. The van der Waals surface area contributed by atoms with Gasteiger partial charge in [0.05, 0.1) is 5.88 Å². The predicted molar refractivity (Wildman–Crippen MR) is 133 cm³/mol. The summed E-state index contributed by atoms with van der Waals surface area (Å²) < 4.78 is 0. The quantitative estimate of drug-likeness (QED) is 0.220. The molecule has 0 spiro atoms. The Morgan fingerprint density at radius 2 is 1.43 bits per heavy atom. The number of likely N-dealkylation sites (tertiary alicyclic amines) is 1. The summed E-state index contributed by atoms with van der Waals surface area (Å²) in [7, 11) is 0. The normalized spacial score (nSPS) is 17.2. The van der Waals surface area contributed by atoms with Gasteiger partial charge in [0.2, 0.25) is 5.91 Å². The second-order valence-electron chi connectivity index (χ2n) is 9.50. The van der Waals surface area contributed by atoms with Crippen molar-refractivity contribution in [2.24, 2.45) is 5.92 Å². The Balaban J connectivity index is 1.35. The number of hydrogen-bond donors (Lipinski definition) is 0. The van der Waals surface area contributed by atoms with E-state index >= 15 is 0 Å². The number of amides is 1. The van der Waals surface area contributed by atoms with Crippen LogP contribution in [0.15, 0.2) is 11.6 Å². The van der Waals surface area contributed by atoms with Gasteiger partial charge in [0.1, 0.15) is 0 Å². The van der Waals surface area contributed by atoms with Gasteiger partial charge in [-0.25, -0.2) is 0 Å². The van der Waals surface area contributed by atoms with Gasteiger partial charge in [-0.3, -0.25) is 4.79 Å². The van der Waals surface area contributed by atoms with Crippen LogP contribution in [0.1, 0.15) is 116 Å². The van der Waals surface area contributed by atoms with E-state index < -0.39 is 0 Å². The third-order valence-corrected chi connectivity index (χ3v) is 7.69. The fourth-order valence-corrected chi connectivity index (χ4v) is 5.47. The maximum Gasteiger partial charge on any atom is 0.222 e. The molecule has 0 N–H and O–H groups in total. The Hall–Kier alpha value is -0.640. The van der Waals surface area contributed by atoms with Crippen LogP contribution in [-0.2, 0) is 4.79 Å². The number of carbonyl (C=O) groups excluding carboxylic acids is 1. The zero-order valence-corrected chi connectivity index (χ0v) is 20.6. The molecule has 2 heterocycles. The number of hydrogen-bond acceptors (Lipinski definition) is 3. The summed E-state index contributed by atoms with van der Waals surface area (Å²) in [6.45, 7) is 5.45. The van der Waals surface area contributed by atoms with Gasteiger partial charge in [0, 0.05) is 32.3 Å². The van der Waals surface area contributed by atoms with E-state index in [1.807, 2.05) is 11.8 Å². The molecule has 0 atom stereocenters. The highest BCUT2D eigenvalue weighted by atomic mass is 32.2. The monoisotopic (exact) mass is 436 g/mol. The summed E-state index contributed by atoms with van der Waals surface area (Å²) >= 11 is 1.88. The van der Waals surface area contributed by atoms with E-state index in [0.29, 0.717) is 5.91 Å². The van der Waals surface area contributed by atoms with Crippen LogP contribution in [0.5, 0.6) is 0 Å². The summed E-state index contributed by atoms with van der Waals surface area (Å²) in [5, 5.41) is 2.19. The lowest BCUT2D eigenvalue weighted by molar-refractivity contribution is -0.132. The smallest absolute Gasteiger partial charge is 0.222 e. The lowest BCUT2D eigenvalue weighted by Gasteiger charge is -2.32. The molecule has 0 saturated carbocycles. The molecule has 0 unspecified atom stereocenters. The maximum atomic E-state index is 12.5. The molecule has 1 amide bonds. The zero-order valence-electron chi connectivity index (χ0n) is 19.8. The number of piperidine rings is 1. The number of carbonyl (C=O) groups is 1. The van der Waals surface area contributed by atoms with Crippen molar-refractivity contribution in [3.63, 3.8) is 0 Å². The lowest BCUT2D eigenvalue weighted by Crippen LogP contribution is -2.38. The average Bonchev–Trinajstić information content (AvgIpc) is 3.29. The van der Waals surface area contributed by atoms with Gasteiger partial charge in [-0.15, -0.1) is 11.8 Å². The van der Waals surface area contributed by atoms with Gasteiger partial charge in [0.25, 0.3) is 0 Å². The van der Waals surface area contributed by atoms with E-state index in [0.717, 1.165) is 37.7 Å². The molecule has 1 saturated heterocycles. The van der Waals surface area contributed by atoms with Gasteiger partial charge in [-0.1, -0.05) is 84.0 Å². The van der Waals surface area contributed by atoms with Crippen LogP contribution in [-0.4, -0.2) is 41.2 Å². The molecule has 1 fully saturated rings. The largest absolute Gasteiger partial charge is 0.367 e. The third kappa shape index (κ3) is 11.7. The summed E-state index contributed by atoms with van der Waals surface area (Å²) in [5.74, 6) is 2.34. The van der Waals surface area contributed by atoms with Crippen molar-refractivity contribution >= 4 is 17.7 Å². The first-order valence-electron chi connectivity index (χ1n) is 13.1. The van der Waals surface area contributed by atoms with E-state index in [2.05, 4.69) is 28.3 Å². The number of nitrogens with zero attached hydrogens (tertiary/aromatic N) is 2. The van der Waals surface area contributed by atoms with Crippen LogP contribution in [0, 0.1) is 5.92 Å². The van der Waals surface area contributed by atoms with Gasteiger partial charge < -0.3 is 9.80 Å². The standard InChI is InChI=1S/C26H48N2OS/c1-2-3-4-5-6-7-8-9-10-11-12-13-14-15-26(29)28-20-17-25(18-21-28)16-19-27-22-23-30-24-27/h22-23,25H,2-21,24H2,1H3. The van der Waals surface area contributed by atoms with Gasteiger partial charge >= 0.3 is 0 Å². The van der Waals surface area contributed by atoms with E-state index in [1.54, 1.807) is 0 Å². The fraction of sp³-hybridized carbons (Fsp3) is 0.885. The molecule has 2 rings (SSSR count). The van der Waals surface area contributed by atoms with Crippen LogP contribution < -0.4 is 0 Å². The predicted octanol–water partition coefficient (Wildman–Crippen LogP) is 7.57. The molecular formula is C26H48N2OS. The van der Waals surface area contributed by atoms with Crippen molar-refractivity contribution in [3.8, 4) is 0 Å². The second kappa shape index (κ2) is 17.0. The molecule has 30 heavy (non-hydrogen) atoms. The Morgan fingerprint density at radius 3 is 1.97 bits per heavy atom. The molecule has 2 aliphatic heterocycles. The second-order valence-corrected chi connectivity index (χ2v) is 10.4. The summed E-state index contributed by atoms with van der Waals surface area (Å²) in [6.07, 6.45) is 24.4. The van der Waals surface area contributed by atoms with Crippen molar-refractivity contribution in [2.45, 2.75) is 116 Å². The highest BCUT2D eigenvalue weighted by Gasteiger charge is 2.22. The van der Waals surface area contributed by atoms with Crippen LogP contribution in [0.4, 0.5) is 0 Å². The van der Waals surface area contributed by atoms with Gasteiger partial charge in [-0.05, 0) is 37.0 Å². The highest BCUT2D eigenvalue weighted by Crippen LogP contribution is 2.24. The van der Waals surface area contributed by atoms with E-state index in [-0.39, 0.29) is 0 Å². The molecule has 0 aromatic rings. The maximum absolute atomic E-state index is 12.5. The molecule has 0 aliphatic carbocycles. The van der Waals surface area contributed by atoms with Crippen LogP contribution in [0.2, 0.25) is 0 Å². The molecule has 4 heteroatoms. The lowest BCUT2D eigenvalue weighted by atomic mass is 9.93. The van der Waals surface area contributed by atoms with Gasteiger partial charge in [0.15, 0.2) is 0 Å². The Bertz CT molecular complexity index is 460. The number of thioether (sulfide) groups is 1. The molecule has 0 bridgehead atoms. The van der Waals surface area contributed by atoms with Crippen LogP contribution in [0.25, 0.3) is 0 Å². The Kier molecular flexibility index (Phi) is 14.5. The summed E-state index contributed by atoms with van der Waals surface area (Å²) in [6, 6.07) is 0. The van der Waals surface area contributed by atoms with E-state index in [4.69, 9.17) is 0 Å². The van der Waals surface area contributed by atoms with Crippen molar-refractivity contribution in [2.75, 3.05) is 25.5 Å². The first-order chi connectivity index (χ1) is 14.8. The third-order valence-electron chi connectivity index (χ3n) is 6.89. The van der Waals surface area contributed by atoms with Crippen molar-refractivity contribution in [1.82, 2.24) is 9.80 Å². The minimum absolute atomic E-state index is 0.412. The van der Waals surface area contributed by atoms with Crippen molar-refractivity contribution < 1.29 is 4.79 Å². The first kappa shape index (κ1) is 25.6. The first-order valence-corrected chi connectivity index (χ1v) is 14.1. The van der Waals surface area contributed by atoms with Crippen molar-refractivity contribution in [3.05, 3.63) is 11.6 Å².